The Balaban J connectivity index is 1.66. The molecule has 0 unspecified atom stereocenters. The Morgan fingerprint density at radius 3 is 2.84 bits per heavy atom. The van der Waals surface area contributed by atoms with Crippen LogP contribution in [0.15, 0.2) is 53.3 Å². The van der Waals surface area contributed by atoms with Gasteiger partial charge in [-0.2, -0.15) is 0 Å². The summed E-state index contributed by atoms with van der Waals surface area (Å²) >= 11 is 0. The van der Waals surface area contributed by atoms with E-state index in [1.165, 1.54) is 24.3 Å². The minimum atomic E-state index is -0.763. The predicted molar refractivity (Wildman–Crippen MR) is 88.8 cm³/mol. The third kappa shape index (κ3) is 4.00. The van der Waals surface area contributed by atoms with E-state index >= 15 is 0 Å². The molecular formula is C18H15FN2O4. The lowest BCUT2D eigenvalue weighted by atomic mass is 10.2. The number of esters is 1. The van der Waals surface area contributed by atoms with Crippen molar-refractivity contribution in [3.63, 3.8) is 0 Å². The summed E-state index contributed by atoms with van der Waals surface area (Å²) in [7, 11) is 0. The lowest BCUT2D eigenvalue weighted by Gasteiger charge is -2.13. The van der Waals surface area contributed by atoms with Gasteiger partial charge >= 0.3 is 5.97 Å². The average molecular weight is 342 g/mol. The van der Waals surface area contributed by atoms with Crippen molar-refractivity contribution in [3.8, 4) is 5.75 Å². The number of hydrogen-bond donors (Lipinski definition) is 1. The molecule has 0 aliphatic carbocycles. The van der Waals surface area contributed by atoms with E-state index in [2.05, 4.69) is 9.97 Å². The van der Waals surface area contributed by atoms with Gasteiger partial charge in [0.25, 0.3) is 5.56 Å². The summed E-state index contributed by atoms with van der Waals surface area (Å²) in [5, 5.41) is 0.458. The number of H-pyrrole nitrogens is 1. The third-order valence-electron chi connectivity index (χ3n) is 3.48. The molecule has 1 heterocycles. The number of aromatic nitrogens is 2. The molecule has 0 fully saturated rings. The molecule has 128 valence electrons. The summed E-state index contributed by atoms with van der Waals surface area (Å²) < 4.78 is 23.4. The number of nitrogens with one attached hydrogen (secondary N) is 1. The molecular weight excluding hydrogens is 327 g/mol. The topological polar surface area (TPSA) is 81.3 Å². The Hall–Kier alpha value is -3.22. The summed E-state index contributed by atoms with van der Waals surface area (Å²) in [6.07, 6.45) is -0.763. The highest BCUT2D eigenvalue weighted by Crippen LogP contribution is 2.15. The molecule has 1 N–H and O–H groups in total. The zero-order chi connectivity index (χ0) is 17.8. The molecule has 0 amide bonds. The van der Waals surface area contributed by atoms with Crippen molar-refractivity contribution in [2.75, 3.05) is 6.61 Å². The molecule has 6 nitrogen and oxygen atoms in total. The van der Waals surface area contributed by atoms with Crippen molar-refractivity contribution in [2.45, 2.75) is 13.0 Å². The van der Waals surface area contributed by atoms with Crippen LogP contribution in [-0.2, 0) is 9.53 Å². The molecule has 0 aliphatic rings. The van der Waals surface area contributed by atoms with Gasteiger partial charge in [-0.15, -0.1) is 0 Å². The Bertz CT molecular complexity index is 970. The minimum absolute atomic E-state index is 0.224. The maximum Gasteiger partial charge on any atom is 0.344 e. The number of benzene rings is 2. The fourth-order valence-corrected chi connectivity index (χ4v) is 2.28. The molecule has 0 radical (unpaired) electrons. The first-order valence-electron chi connectivity index (χ1n) is 7.60. The summed E-state index contributed by atoms with van der Waals surface area (Å²) in [5.41, 5.74) is 0.208. The van der Waals surface area contributed by atoms with Gasteiger partial charge in [0.05, 0.1) is 10.9 Å². The van der Waals surface area contributed by atoms with Crippen molar-refractivity contribution in [1.29, 1.82) is 0 Å². The highest BCUT2D eigenvalue weighted by molar-refractivity contribution is 5.77. The monoisotopic (exact) mass is 342 g/mol. The van der Waals surface area contributed by atoms with E-state index in [-0.39, 0.29) is 23.7 Å². The van der Waals surface area contributed by atoms with Crippen LogP contribution in [0.5, 0.6) is 5.75 Å². The Kier molecular flexibility index (Phi) is 4.74. The van der Waals surface area contributed by atoms with Gasteiger partial charge in [-0.3, -0.25) is 4.79 Å². The van der Waals surface area contributed by atoms with Crippen LogP contribution in [-0.4, -0.2) is 22.5 Å². The molecule has 0 saturated heterocycles. The average Bonchev–Trinajstić information content (AvgIpc) is 2.60. The number of fused-ring (bicyclic) bond motifs is 1. The zero-order valence-electron chi connectivity index (χ0n) is 13.4. The Morgan fingerprint density at radius 2 is 2.04 bits per heavy atom. The van der Waals surface area contributed by atoms with E-state index in [1.54, 1.807) is 31.2 Å². The van der Waals surface area contributed by atoms with E-state index in [0.29, 0.717) is 10.9 Å². The fraction of sp³-hybridized carbons (Fsp3) is 0.167. The van der Waals surface area contributed by atoms with Gasteiger partial charge in [0.1, 0.15) is 11.6 Å². The van der Waals surface area contributed by atoms with E-state index in [9.17, 15) is 14.0 Å². The molecule has 3 aromatic rings. The van der Waals surface area contributed by atoms with Crippen LogP contribution in [0.2, 0.25) is 0 Å². The van der Waals surface area contributed by atoms with Gasteiger partial charge in [-0.25, -0.2) is 14.2 Å². The number of nitrogens with zero attached hydrogens (tertiary/aromatic N) is 1. The lowest BCUT2D eigenvalue weighted by Crippen LogP contribution is -2.20. The van der Waals surface area contributed by atoms with E-state index in [1.807, 2.05) is 0 Å². The summed E-state index contributed by atoms with van der Waals surface area (Å²) in [5.74, 6) is -0.658. The van der Waals surface area contributed by atoms with Crippen molar-refractivity contribution < 1.29 is 18.7 Å². The number of para-hydroxylation sites is 1. The lowest BCUT2D eigenvalue weighted by molar-refractivity contribution is -0.151. The number of ether oxygens (including phenoxy) is 2. The van der Waals surface area contributed by atoms with Crippen molar-refractivity contribution >= 4 is 16.9 Å². The molecule has 1 aromatic heterocycles. The predicted octanol–water partition coefficient (Wildman–Crippen LogP) is 2.75. The van der Waals surface area contributed by atoms with Gasteiger partial charge in [0.15, 0.2) is 18.5 Å². The maximum absolute atomic E-state index is 13.1. The Morgan fingerprint density at radius 1 is 1.24 bits per heavy atom. The van der Waals surface area contributed by atoms with E-state index in [0.717, 1.165) is 0 Å². The smallest absolute Gasteiger partial charge is 0.344 e. The molecule has 25 heavy (non-hydrogen) atoms. The minimum Gasteiger partial charge on any atom is -0.482 e. The standard InChI is InChI=1S/C18H15FN2O4/c1-11(17-20-15-8-3-2-7-14(15)18(23)21-17)25-16(22)10-24-13-6-4-5-12(19)9-13/h2-9,11H,10H2,1H3,(H,20,21,23)/t11-/m0/s1. The van der Waals surface area contributed by atoms with Gasteiger partial charge in [-0.1, -0.05) is 18.2 Å². The molecule has 0 spiro atoms. The second-order valence-electron chi connectivity index (χ2n) is 5.35. The van der Waals surface area contributed by atoms with Gasteiger partial charge in [0, 0.05) is 6.07 Å². The van der Waals surface area contributed by atoms with Crippen LogP contribution in [0.3, 0.4) is 0 Å². The van der Waals surface area contributed by atoms with Crippen molar-refractivity contribution in [2.24, 2.45) is 0 Å². The van der Waals surface area contributed by atoms with Gasteiger partial charge < -0.3 is 14.5 Å². The van der Waals surface area contributed by atoms with Crippen LogP contribution in [0.4, 0.5) is 4.39 Å². The molecule has 0 aliphatic heterocycles. The molecule has 0 saturated carbocycles. The number of hydrogen-bond acceptors (Lipinski definition) is 5. The van der Waals surface area contributed by atoms with Gasteiger partial charge in [-0.05, 0) is 31.2 Å². The van der Waals surface area contributed by atoms with Crippen LogP contribution in [0.25, 0.3) is 10.9 Å². The number of halogens is 1. The third-order valence-corrected chi connectivity index (χ3v) is 3.48. The van der Waals surface area contributed by atoms with Crippen molar-refractivity contribution in [1.82, 2.24) is 9.97 Å². The fourth-order valence-electron chi connectivity index (χ4n) is 2.28. The first-order chi connectivity index (χ1) is 12.0. The second-order valence-corrected chi connectivity index (χ2v) is 5.35. The number of carbonyl (C=O) groups excluding carboxylic acids is 1. The normalized spacial score (nSPS) is 11.9. The summed E-state index contributed by atoms with van der Waals surface area (Å²) in [6.45, 7) is 1.21. The molecule has 3 rings (SSSR count). The largest absolute Gasteiger partial charge is 0.482 e. The van der Waals surface area contributed by atoms with E-state index < -0.39 is 17.9 Å². The van der Waals surface area contributed by atoms with Crippen molar-refractivity contribution in [3.05, 3.63) is 70.5 Å². The number of rotatable bonds is 5. The SMILES string of the molecule is C[C@H](OC(=O)COc1cccc(F)c1)c1nc2ccccc2c(=O)[nH]1. The van der Waals surface area contributed by atoms with Gasteiger partial charge in [0.2, 0.25) is 0 Å². The summed E-state index contributed by atoms with van der Waals surface area (Å²) in [6, 6.07) is 12.3. The number of carbonyl (C=O) groups is 1. The first kappa shape index (κ1) is 16.6. The molecule has 1 atom stereocenters. The van der Waals surface area contributed by atoms with Crippen LogP contribution in [0.1, 0.15) is 18.9 Å². The second kappa shape index (κ2) is 7.12. The van der Waals surface area contributed by atoms with Crippen LogP contribution >= 0.6 is 0 Å². The highest BCUT2D eigenvalue weighted by atomic mass is 19.1. The first-order valence-corrected chi connectivity index (χ1v) is 7.60. The Labute approximate surface area is 142 Å². The van der Waals surface area contributed by atoms with E-state index in [4.69, 9.17) is 9.47 Å². The molecule has 0 bridgehead atoms. The zero-order valence-corrected chi connectivity index (χ0v) is 13.4. The maximum atomic E-state index is 13.1. The number of aromatic amines is 1. The summed E-state index contributed by atoms with van der Waals surface area (Å²) in [4.78, 5) is 30.8. The van der Waals surface area contributed by atoms with Crippen LogP contribution < -0.4 is 10.3 Å². The molecule has 2 aromatic carbocycles. The quantitative estimate of drug-likeness (QED) is 0.721. The highest BCUT2D eigenvalue weighted by Gasteiger charge is 2.16. The molecule has 7 heteroatoms. The van der Waals surface area contributed by atoms with Crippen LogP contribution in [0, 0.1) is 5.82 Å².